The van der Waals surface area contributed by atoms with Gasteiger partial charge in [-0.05, 0) is 42.8 Å². The van der Waals surface area contributed by atoms with Gasteiger partial charge < -0.3 is 4.74 Å². The Morgan fingerprint density at radius 2 is 1.64 bits per heavy atom. The highest BCUT2D eigenvalue weighted by atomic mass is 32.2. The van der Waals surface area contributed by atoms with Gasteiger partial charge in [0.05, 0.1) is 15.4 Å². The molecule has 140 valence electrons. The lowest BCUT2D eigenvalue weighted by Gasteiger charge is -2.19. The summed E-state index contributed by atoms with van der Waals surface area (Å²) in [5.74, 6) is -1.02. The first-order valence-electron chi connectivity index (χ1n) is 8.63. The number of carbonyl (C=O) groups excluding carboxylic acids is 2. The average Bonchev–Trinajstić information content (AvgIpc) is 2.70. The summed E-state index contributed by atoms with van der Waals surface area (Å²) < 4.78 is 31.2. The molecule has 0 atom stereocenters. The van der Waals surface area contributed by atoms with Crippen LogP contribution in [-0.4, -0.2) is 20.2 Å². The third-order valence-electron chi connectivity index (χ3n) is 4.63. The van der Waals surface area contributed by atoms with Crippen molar-refractivity contribution in [1.82, 2.24) is 0 Å². The second kappa shape index (κ2) is 6.73. The molecule has 0 radical (unpaired) electrons. The fourth-order valence-corrected chi connectivity index (χ4v) is 4.92. The van der Waals surface area contributed by atoms with Crippen molar-refractivity contribution in [2.45, 2.75) is 23.3 Å². The van der Waals surface area contributed by atoms with Crippen LogP contribution < -0.4 is 0 Å². The number of rotatable bonds is 3. The number of ether oxygens (including phenoxy) is 1. The summed E-state index contributed by atoms with van der Waals surface area (Å²) in [6.07, 6.45) is 0. The van der Waals surface area contributed by atoms with Crippen LogP contribution in [0, 0.1) is 6.92 Å². The van der Waals surface area contributed by atoms with Crippen molar-refractivity contribution in [1.29, 1.82) is 0 Å². The molecule has 4 rings (SSSR count). The smallest absolute Gasteiger partial charge is 0.338 e. The highest BCUT2D eigenvalue weighted by Gasteiger charge is 2.35. The molecule has 1 heterocycles. The van der Waals surface area contributed by atoms with Crippen molar-refractivity contribution < 1.29 is 22.7 Å². The van der Waals surface area contributed by atoms with Crippen LogP contribution in [0.5, 0.6) is 0 Å². The zero-order valence-electron chi connectivity index (χ0n) is 15.0. The number of aryl methyl sites for hydroxylation is 1. The number of hydrogen-bond donors (Lipinski definition) is 0. The second-order valence-corrected chi connectivity index (χ2v) is 8.49. The van der Waals surface area contributed by atoms with E-state index in [9.17, 15) is 18.0 Å². The highest BCUT2D eigenvalue weighted by Crippen LogP contribution is 2.34. The molecule has 1 aliphatic heterocycles. The van der Waals surface area contributed by atoms with E-state index >= 15 is 0 Å². The summed E-state index contributed by atoms with van der Waals surface area (Å²) in [5, 5.41) is 0. The molecule has 3 aromatic carbocycles. The van der Waals surface area contributed by atoms with Gasteiger partial charge in [0.2, 0.25) is 9.84 Å². The maximum absolute atomic E-state index is 12.9. The maximum atomic E-state index is 12.9. The molecule has 0 saturated carbocycles. The fourth-order valence-electron chi connectivity index (χ4n) is 3.25. The Hall–Kier alpha value is -3.25. The molecular weight excluding hydrogens is 376 g/mol. The van der Waals surface area contributed by atoms with E-state index in [-0.39, 0.29) is 38.9 Å². The van der Waals surface area contributed by atoms with E-state index in [1.54, 1.807) is 12.1 Å². The number of ketones is 1. The topological polar surface area (TPSA) is 77.5 Å². The van der Waals surface area contributed by atoms with Gasteiger partial charge >= 0.3 is 5.97 Å². The van der Waals surface area contributed by atoms with Gasteiger partial charge in [0.25, 0.3) is 0 Å². The minimum atomic E-state index is -3.89. The number of fused-ring (bicyclic) bond motifs is 2. The fraction of sp³-hybridized carbons (Fsp3) is 0.0909. The van der Waals surface area contributed by atoms with Gasteiger partial charge in [-0.15, -0.1) is 0 Å². The lowest BCUT2D eigenvalue weighted by molar-refractivity contribution is 0.0472. The quantitative estimate of drug-likeness (QED) is 0.497. The van der Waals surface area contributed by atoms with Crippen LogP contribution in [0.15, 0.2) is 76.5 Å². The van der Waals surface area contributed by atoms with Gasteiger partial charge in [-0.3, -0.25) is 4.79 Å². The first kappa shape index (κ1) is 18.1. The van der Waals surface area contributed by atoms with Crippen LogP contribution in [-0.2, 0) is 21.2 Å². The lowest BCUT2D eigenvalue weighted by Crippen LogP contribution is -2.21. The van der Waals surface area contributed by atoms with Crippen LogP contribution in [0.3, 0.4) is 0 Å². The standard InChI is InChI=1S/C22H16O5S/c1-14-5-4-6-15(11-14)13-27-22(24)16-9-10-18-20(12-16)28(25,26)19-8-3-2-7-17(19)21(18)23/h2-12H,13H2,1H3. The number of carbonyl (C=O) groups is 2. The van der Waals surface area contributed by atoms with Gasteiger partial charge in [-0.25, -0.2) is 13.2 Å². The zero-order chi connectivity index (χ0) is 19.9. The number of sulfone groups is 1. The number of hydrogen-bond acceptors (Lipinski definition) is 5. The molecule has 28 heavy (non-hydrogen) atoms. The Kier molecular flexibility index (Phi) is 4.35. The first-order valence-corrected chi connectivity index (χ1v) is 10.1. The Balaban J connectivity index is 1.66. The Morgan fingerprint density at radius 1 is 0.893 bits per heavy atom. The van der Waals surface area contributed by atoms with Gasteiger partial charge in [0.15, 0.2) is 5.78 Å². The summed E-state index contributed by atoms with van der Waals surface area (Å²) >= 11 is 0. The molecule has 0 bridgehead atoms. The van der Waals surface area contributed by atoms with E-state index < -0.39 is 15.8 Å². The summed E-state index contributed by atoms with van der Waals surface area (Å²) in [5.41, 5.74) is 2.18. The minimum Gasteiger partial charge on any atom is -0.457 e. The van der Waals surface area contributed by atoms with Crippen LogP contribution >= 0.6 is 0 Å². The predicted octanol–water partition coefficient (Wildman–Crippen LogP) is 3.73. The minimum absolute atomic E-state index is 0.0437. The molecule has 0 spiro atoms. The van der Waals surface area contributed by atoms with Crippen molar-refractivity contribution in [2.24, 2.45) is 0 Å². The molecule has 3 aromatic rings. The Labute approximate surface area is 162 Å². The highest BCUT2D eigenvalue weighted by molar-refractivity contribution is 7.91. The van der Waals surface area contributed by atoms with Crippen LogP contribution in [0.2, 0.25) is 0 Å². The van der Waals surface area contributed by atoms with Gasteiger partial charge in [0.1, 0.15) is 6.61 Å². The van der Waals surface area contributed by atoms with Crippen molar-refractivity contribution in [2.75, 3.05) is 0 Å². The monoisotopic (exact) mass is 392 g/mol. The third-order valence-corrected chi connectivity index (χ3v) is 6.48. The van der Waals surface area contributed by atoms with Crippen molar-refractivity contribution in [3.05, 3.63) is 94.5 Å². The van der Waals surface area contributed by atoms with Gasteiger partial charge in [-0.1, -0.05) is 42.0 Å². The van der Waals surface area contributed by atoms with Gasteiger partial charge in [0, 0.05) is 11.1 Å². The molecule has 0 amide bonds. The average molecular weight is 392 g/mol. The summed E-state index contributed by atoms with van der Waals surface area (Å²) in [6, 6.07) is 17.6. The van der Waals surface area contributed by atoms with E-state index in [2.05, 4.69) is 0 Å². The molecule has 0 aromatic heterocycles. The normalized spacial score (nSPS) is 14.1. The van der Waals surface area contributed by atoms with Crippen molar-refractivity contribution in [3.63, 3.8) is 0 Å². The van der Waals surface area contributed by atoms with Gasteiger partial charge in [-0.2, -0.15) is 0 Å². The van der Waals surface area contributed by atoms with Crippen LogP contribution in [0.25, 0.3) is 0 Å². The molecule has 6 heteroatoms. The van der Waals surface area contributed by atoms with E-state index in [1.807, 2.05) is 31.2 Å². The summed E-state index contributed by atoms with van der Waals surface area (Å²) in [7, 11) is -3.89. The lowest BCUT2D eigenvalue weighted by atomic mass is 10.0. The predicted molar refractivity (Wildman–Crippen MR) is 102 cm³/mol. The molecule has 0 fully saturated rings. The van der Waals surface area contributed by atoms with E-state index in [4.69, 9.17) is 4.74 Å². The summed E-state index contributed by atoms with van der Waals surface area (Å²) in [4.78, 5) is 24.9. The number of benzene rings is 3. The molecule has 5 nitrogen and oxygen atoms in total. The third kappa shape index (κ3) is 3.01. The first-order chi connectivity index (χ1) is 13.4. The maximum Gasteiger partial charge on any atom is 0.338 e. The molecule has 1 aliphatic rings. The van der Waals surface area contributed by atoms with E-state index in [0.717, 1.165) is 11.1 Å². The largest absolute Gasteiger partial charge is 0.457 e. The van der Waals surface area contributed by atoms with Crippen LogP contribution in [0.1, 0.15) is 37.4 Å². The second-order valence-electron chi connectivity index (χ2n) is 6.60. The van der Waals surface area contributed by atoms with Crippen LogP contribution in [0.4, 0.5) is 0 Å². The van der Waals surface area contributed by atoms with E-state index in [1.165, 1.54) is 30.3 Å². The number of esters is 1. The Bertz CT molecular complexity index is 1230. The van der Waals surface area contributed by atoms with Crippen molar-refractivity contribution in [3.8, 4) is 0 Å². The van der Waals surface area contributed by atoms with Crippen molar-refractivity contribution >= 4 is 21.6 Å². The summed E-state index contributed by atoms with van der Waals surface area (Å²) in [6.45, 7) is 2.01. The SMILES string of the molecule is Cc1cccc(COC(=O)c2ccc3c(c2)S(=O)(=O)c2ccccc2C3=O)c1. The van der Waals surface area contributed by atoms with E-state index in [0.29, 0.717) is 0 Å². The molecule has 0 unspecified atom stereocenters. The molecule has 0 aliphatic carbocycles. The molecule has 0 saturated heterocycles. The zero-order valence-corrected chi connectivity index (χ0v) is 15.8. The Morgan fingerprint density at radius 3 is 2.43 bits per heavy atom. The molecular formula is C22H16O5S. The molecule has 0 N–H and O–H groups in total.